The summed E-state index contributed by atoms with van der Waals surface area (Å²) in [4.78, 5) is 10.2. The minimum absolute atomic E-state index is 0.0671. The lowest BCUT2D eigenvalue weighted by Crippen LogP contribution is -2.45. The zero-order valence-corrected chi connectivity index (χ0v) is 12.2. The highest BCUT2D eigenvalue weighted by Crippen LogP contribution is 2.27. The van der Waals surface area contributed by atoms with Gasteiger partial charge in [-0.1, -0.05) is 13.8 Å². The molecule has 3 N–H and O–H groups in total. The average molecular weight is 316 g/mol. The Hall–Kier alpha value is -1.14. The van der Waals surface area contributed by atoms with Crippen LogP contribution >= 0.6 is 15.9 Å². The molecule has 1 aromatic rings. The SMILES string of the molecule is CCC(N)(CC)CNc1ccc([N+](=O)[O-])cc1Br. The molecule has 0 saturated carbocycles. The molecule has 0 aliphatic rings. The number of nitro benzene ring substituents is 1. The van der Waals surface area contributed by atoms with Crippen LogP contribution in [0.5, 0.6) is 0 Å². The van der Waals surface area contributed by atoms with Gasteiger partial charge in [-0.25, -0.2) is 0 Å². The van der Waals surface area contributed by atoms with Crippen molar-refractivity contribution in [2.24, 2.45) is 5.73 Å². The summed E-state index contributed by atoms with van der Waals surface area (Å²) in [7, 11) is 0. The van der Waals surface area contributed by atoms with Crippen LogP contribution in [-0.2, 0) is 0 Å². The Morgan fingerprint density at radius 2 is 2.06 bits per heavy atom. The van der Waals surface area contributed by atoms with Crippen LogP contribution in [0.1, 0.15) is 26.7 Å². The molecule has 0 radical (unpaired) electrons. The van der Waals surface area contributed by atoms with Crippen LogP contribution in [-0.4, -0.2) is 17.0 Å². The fourth-order valence-electron chi connectivity index (χ4n) is 1.53. The number of halogens is 1. The third-order valence-electron chi connectivity index (χ3n) is 3.20. The highest BCUT2D eigenvalue weighted by atomic mass is 79.9. The van der Waals surface area contributed by atoms with Crippen LogP contribution in [0.4, 0.5) is 11.4 Å². The van der Waals surface area contributed by atoms with E-state index in [2.05, 4.69) is 35.1 Å². The minimum atomic E-state index is -0.417. The number of nitrogens with one attached hydrogen (secondary N) is 1. The maximum absolute atomic E-state index is 10.6. The molecule has 1 aromatic carbocycles. The van der Waals surface area contributed by atoms with E-state index >= 15 is 0 Å². The lowest BCUT2D eigenvalue weighted by molar-refractivity contribution is -0.384. The Morgan fingerprint density at radius 1 is 1.44 bits per heavy atom. The van der Waals surface area contributed by atoms with Gasteiger partial charge in [-0.2, -0.15) is 0 Å². The molecule has 1 rings (SSSR count). The number of anilines is 1. The molecule has 100 valence electrons. The van der Waals surface area contributed by atoms with E-state index in [9.17, 15) is 10.1 Å². The Kier molecular flexibility index (Phi) is 5.10. The van der Waals surface area contributed by atoms with Crippen molar-refractivity contribution >= 4 is 27.3 Å². The quantitative estimate of drug-likeness (QED) is 0.623. The molecule has 18 heavy (non-hydrogen) atoms. The number of rotatable bonds is 6. The smallest absolute Gasteiger partial charge is 0.270 e. The zero-order chi connectivity index (χ0) is 13.8. The maximum Gasteiger partial charge on any atom is 0.270 e. The van der Waals surface area contributed by atoms with Crippen LogP contribution in [0, 0.1) is 10.1 Å². The van der Waals surface area contributed by atoms with Gasteiger partial charge in [-0.15, -0.1) is 0 Å². The highest BCUT2D eigenvalue weighted by Gasteiger charge is 2.20. The van der Waals surface area contributed by atoms with Crippen LogP contribution in [0.3, 0.4) is 0 Å². The molecule has 0 spiro atoms. The molecule has 0 unspecified atom stereocenters. The van der Waals surface area contributed by atoms with E-state index in [1.54, 1.807) is 6.07 Å². The zero-order valence-electron chi connectivity index (χ0n) is 10.6. The molecule has 0 aromatic heterocycles. The van der Waals surface area contributed by atoms with E-state index in [1.807, 2.05) is 0 Å². The van der Waals surface area contributed by atoms with Gasteiger partial charge in [0.25, 0.3) is 5.69 Å². The predicted octanol–water partition coefficient (Wildman–Crippen LogP) is 3.29. The van der Waals surface area contributed by atoms with E-state index in [4.69, 9.17) is 5.73 Å². The summed E-state index contributed by atoms with van der Waals surface area (Å²) < 4.78 is 0.672. The van der Waals surface area contributed by atoms with E-state index in [0.29, 0.717) is 11.0 Å². The largest absolute Gasteiger partial charge is 0.382 e. The van der Waals surface area contributed by atoms with Crippen molar-refractivity contribution in [3.8, 4) is 0 Å². The first kappa shape index (κ1) is 14.9. The van der Waals surface area contributed by atoms with E-state index in [-0.39, 0.29) is 11.2 Å². The van der Waals surface area contributed by atoms with Crippen molar-refractivity contribution in [3.05, 3.63) is 32.8 Å². The molecular weight excluding hydrogens is 298 g/mol. The molecule has 6 heteroatoms. The molecular formula is C12H18BrN3O2. The monoisotopic (exact) mass is 315 g/mol. The van der Waals surface area contributed by atoms with E-state index in [0.717, 1.165) is 18.5 Å². The summed E-state index contributed by atoms with van der Waals surface area (Å²) in [6, 6.07) is 4.65. The van der Waals surface area contributed by atoms with Gasteiger partial charge < -0.3 is 11.1 Å². The average Bonchev–Trinajstić information content (AvgIpc) is 2.36. The summed E-state index contributed by atoms with van der Waals surface area (Å²) in [6.07, 6.45) is 1.75. The fraction of sp³-hybridized carbons (Fsp3) is 0.500. The molecule has 0 aliphatic heterocycles. The third kappa shape index (κ3) is 3.68. The molecule has 0 amide bonds. The van der Waals surface area contributed by atoms with E-state index in [1.165, 1.54) is 12.1 Å². The molecule has 0 atom stereocenters. The van der Waals surface area contributed by atoms with Crippen molar-refractivity contribution < 1.29 is 4.92 Å². The summed E-state index contributed by atoms with van der Waals surface area (Å²) in [6.45, 7) is 4.74. The van der Waals surface area contributed by atoms with Crippen molar-refractivity contribution in [1.82, 2.24) is 0 Å². The minimum Gasteiger partial charge on any atom is -0.382 e. The molecule has 5 nitrogen and oxygen atoms in total. The van der Waals surface area contributed by atoms with Gasteiger partial charge >= 0.3 is 0 Å². The Balaban J connectivity index is 2.77. The first-order valence-electron chi connectivity index (χ1n) is 5.88. The van der Waals surface area contributed by atoms with Crippen LogP contribution in [0.15, 0.2) is 22.7 Å². The Labute approximate surface area is 115 Å². The first-order valence-corrected chi connectivity index (χ1v) is 6.68. The van der Waals surface area contributed by atoms with Crippen molar-refractivity contribution in [3.63, 3.8) is 0 Å². The standard InChI is InChI=1S/C12H18BrN3O2/c1-3-12(14,4-2)8-15-11-6-5-9(16(17)18)7-10(11)13/h5-7,15H,3-4,8,14H2,1-2H3. The van der Waals surface area contributed by atoms with Gasteiger partial charge in [0.1, 0.15) is 0 Å². The van der Waals surface area contributed by atoms with Crippen molar-refractivity contribution in [2.75, 3.05) is 11.9 Å². The normalized spacial score (nSPS) is 11.3. The Morgan fingerprint density at radius 3 is 2.50 bits per heavy atom. The molecule has 0 aliphatic carbocycles. The fourth-order valence-corrected chi connectivity index (χ4v) is 2.04. The molecule has 0 fully saturated rings. The lowest BCUT2D eigenvalue weighted by atomic mass is 9.94. The number of nitro groups is 1. The summed E-state index contributed by atoms with van der Waals surface area (Å²) in [5.41, 5.74) is 6.82. The number of benzene rings is 1. The second-order valence-electron chi connectivity index (χ2n) is 4.34. The van der Waals surface area contributed by atoms with Crippen LogP contribution < -0.4 is 11.1 Å². The lowest BCUT2D eigenvalue weighted by Gasteiger charge is -2.27. The summed E-state index contributed by atoms with van der Waals surface area (Å²) in [5.74, 6) is 0. The van der Waals surface area contributed by atoms with Crippen molar-refractivity contribution in [1.29, 1.82) is 0 Å². The van der Waals surface area contributed by atoms with Gasteiger partial charge in [0, 0.05) is 34.4 Å². The molecule has 0 heterocycles. The number of nitrogens with zero attached hydrogens (tertiary/aromatic N) is 1. The summed E-state index contributed by atoms with van der Waals surface area (Å²) in [5, 5.41) is 13.8. The van der Waals surface area contributed by atoms with Gasteiger partial charge in [0.05, 0.1) is 4.92 Å². The number of hydrogen-bond acceptors (Lipinski definition) is 4. The van der Waals surface area contributed by atoms with Gasteiger partial charge in [0.15, 0.2) is 0 Å². The second kappa shape index (κ2) is 6.15. The molecule has 0 saturated heterocycles. The maximum atomic E-state index is 10.6. The highest BCUT2D eigenvalue weighted by molar-refractivity contribution is 9.10. The Bertz CT molecular complexity index is 433. The van der Waals surface area contributed by atoms with Gasteiger partial charge in [0.2, 0.25) is 0 Å². The predicted molar refractivity (Wildman–Crippen MR) is 76.8 cm³/mol. The first-order chi connectivity index (χ1) is 8.41. The van der Waals surface area contributed by atoms with Crippen LogP contribution in [0.2, 0.25) is 0 Å². The number of non-ortho nitro benzene ring substituents is 1. The topological polar surface area (TPSA) is 81.2 Å². The molecule has 0 bridgehead atoms. The number of hydrogen-bond donors (Lipinski definition) is 2. The van der Waals surface area contributed by atoms with Gasteiger partial charge in [-0.3, -0.25) is 10.1 Å². The van der Waals surface area contributed by atoms with Crippen molar-refractivity contribution in [2.45, 2.75) is 32.2 Å². The summed E-state index contributed by atoms with van der Waals surface area (Å²) >= 11 is 3.32. The third-order valence-corrected chi connectivity index (χ3v) is 3.86. The van der Waals surface area contributed by atoms with E-state index < -0.39 is 4.92 Å². The van der Waals surface area contributed by atoms with Crippen LogP contribution in [0.25, 0.3) is 0 Å². The number of nitrogens with two attached hydrogens (primary N) is 1. The van der Waals surface area contributed by atoms with Gasteiger partial charge in [-0.05, 0) is 34.8 Å². The second-order valence-corrected chi connectivity index (χ2v) is 5.20.